The molecule has 8 heteroatoms. The summed E-state index contributed by atoms with van der Waals surface area (Å²) in [5.74, 6) is 1.90. The molecule has 136 valence electrons. The minimum Gasteiger partial charge on any atom is -0.497 e. The Hall–Kier alpha value is -3.68. The molecule has 4 aromatic rings. The predicted molar refractivity (Wildman–Crippen MR) is 97.9 cm³/mol. The van der Waals surface area contributed by atoms with Crippen molar-refractivity contribution in [3.8, 4) is 23.0 Å². The topological polar surface area (TPSA) is 92.3 Å². The number of rotatable bonds is 5. The molecule has 2 heterocycles. The Kier molecular flexibility index (Phi) is 4.29. The van der Waals surface area contributed by atoms with Crippen molar-refractivity contribution in [2.75, 3.05) is 14.2 Å². The number of para-hydroxylation sites is 1. The van der Waals surface area contributed by atoms with E-state index < -0.39 is 0 Å². The smallest absolute Gasteiger partial charge is 0.261 e. The lowest BCUT2D eigenvalue weighted by Gasteiger charge is -2.05. The van der Waals surface area contributed by atoms with Crippen LogP contribution in [0.5, 0.6) is 11.5 Å². The number of aromatic nitrogens is 4. The molecule has 0 atom stereocenters. The highest BCUT2D eigenvalue weighted by Crippen LogP contribution is 2.28. The van der Waals surface area contributed by atoms with E-state index in [1.54, 1.807) is 50.6 Å². The second-order valence-corrected chi connectivity index (χ2v) is 5.81. The van der Waals surface area contributed by atoms with E-state index in [0.717, 1.165) is 0 Å². The van der Waals surface area contributed by atoms with Crippen molar-refractivity contribution in [3.05, 3.63) is 65.0 Å². The summed E-state index contributed by atoms with van der Waals surface area (Å²) in [5.41, 5.74) is 1.15. The van der Waals surface area contributed by atoms with E-state index in [1.807, 2.05) is 6.07 Å². The van der Waals surface area contributed by atoms with Crippen LogP contribution in [0.1, 0.15) is 5.82 Å². The van der Waals surface area contributed by atoms with E-state index in [2.05, 4.69) is 15.1 Å². The lowest BCUT2D eigenvalue weighted by molar-refractivity contribution is 0.392. The molecule has 0 amide bonds. The Balaban J connectivity index is 1.66. The monoisotopic (exact) mass is 364 g/mol. The summed E-state index contributed by atoms with van der Waals surface area (Å²) in [7, 11) is 3.13. The lowest BCUT2D eigenvalue weighted by Crippen LogP contribution is -2.21. The molecular formula is C19H16N4O4. The number of fused-ring (bicyclic) bond motifs is 1. The Labute approximate surface area is 154 Å². The standard InChI is InChI=1S/C19H16N4O4/c1-25-13-7-12(8-14(9-13)26-2)18-21-17(22-27-18)10-23-11-20-16-6-4-3-5-15(16)19(23)24/h3-9,11H,10H2,1-2H3. The Morgan fingerprint density at radius 3 is 2.56 bits per heavy atom. The van der Waals surface area contributed by atoms with Crippen molar-refractivity contribution in [1.82, 2.24) is 19.7 Å². The largest absolute Gasteiger partial charge is 0.497 e. The van der Waals surface area contributed by atoms with Gasteiger partial charge in [-0.1, -0.05) is 17.3 Å². The van der Waals surface area contributed by atoms with Crippen LogP contribution in [0, 0.1) is 0 Å². The van der Waals surface area contributed by atoms with E-state index in [0.29, 0.717) is 39.7 Å². The van der Waals surface area contributed by atoms with Crippen molar-refractivity contribution in [3.63, 3.8) is 0 Å². The fourth-order valence-electron chi connectivity index (χ4n) is 2.74. The SMILES string of the molecule is COc1cc(OC)cc(-c2nc(Cn3cnc4ccccc4c3=O)no2)c1. The minimum atomic E-state index is -0.157. The van der Waals surface area contributed by atoms with Crippen molar-refractivity contribution in [2.45, 2.75) is 6.54 Å². The van der Waals surface area contributed by atoms with Gasteiger partial charge in [0.15, 0.2) is 5.82 Å². The minimum absolute atomic E-state index is 0.154. The second-order valence-electron chi connectivity index (χ2n) is 5.81. The summed E-state index contributed by atoms with van der Waals surface area (Å²) >= 11 is 0. The molecule has 0 N–H and O–H groups in total. The molecule has 2 aromatic heterocycles. The van der Waals surface area contributed by atoms with Gasteiger partial charge in [0.25, 0.3) is 11.4 Å². The zero-order valence-electron chi connectivity index (χ0n) is 14.7. The fraction of sp³-hybridized carbons (Fsp3) is 0.158. The van der Waals surface area contributed by atoms with Crippen LogP contribution in [0.2, 0.25) is 0 Å². The summed E-state index contributed by atoms with van der Waals surface area (Å²) in [6.45, 7) is 0.154. The molecule has 0 aliphatic rings. The molecule has 0 aliphatic heterocycles. The normalized spacial score (nSPS) is 10.9. The molecule has 0 fully saturated rings. The first kappa shape index (κ1) is 16.8. The third-order valence-corrected chi connectivity index (χ3v) is 4.11. The number of methoxy groups -OCH3 is 2. The predicted octanol–water partition coefficient (Wildman–Crippen LogP) is 2.51. The van der Waals surface area contributed by atoms with E-state index >= 15 is 0 Å². The lowest BCUT2D eigenvalue weighted by atomic mass is 10.2. The van der Waals surface area contributed by atoms with Gasteiger partial charge < -0.3 is 14.0 Å². The Morgan fingerprint density at radius 1 is 1.07 bits per heavy atom. The van der Waals surface area contributed by atoms with Gasteiger partial charge in [-0.15, -0.1) is 0 Å². The van der Waals surface area contributed by atoms with Crippen LogP contribution in [0.4, 0.5) is 0 Å². The first-order chi connectivity index (χ1) is 13.2. The zero-order chi connectivity index (χ0) is 18.8. The summed E-state index contributed by atoms with van der Waals surface area (Å²) in [5, 5.41) is 4.51. The van der Waals surface area contributed by atoms with E-state index in [1.165, 1.54) is 10.9 Å². The van der Waals surface area contributed by atoms with Gasteiger partial charge in [-0.05, 0) is 24.3 Å². The summed E-state index contributed by atoms with van der Waals surface area (Å²) in [6.07, 6.45) is 1.48. The van der Waals surface area contributed by atoms with Gasteiger partial charge in [0, 0.05) is 11.6 Å². The van der Waals surface area contributed by atoms with Crippen molar-refractivity contribution in [1.29, 1.82) is 0 Å². The highest BCUT2D eigenvalue weighted by atomic mass is 16.5. The van der Waals surface area contributed by atoms with Gasteiger partial charge in [-0.2, -0.15) is 4.98 Å². The maximum absolute atomic E-state index is 12.6. The molecular weight excluding hydrogens is 348 g/mol. The number of nitrogens with zero attached hydrogens (tertiary/aromatic N) is 4. The van der Waals surface area contributed by atoms with Crippen molar-refractivity contribution < 1.29 is 14.0 Å². The maximum atomic E-state index is 12.6. The van der Waals surface area contributed by atoms with Crippen molar-refractivity contribution in [2.24, 2.45) is 0 Å². The zero-order valence-corrected chi connectivity index (χ0v) is 14.7. The third kappa shape index (κ3) is 3.24. The number of ether oxygens (including phenoxy) is 2. The van der Waals surface area contributed by atoms with E-state index in [-0.39, 0.29) is 12.1 Å². The number of benzene rings is 2. The molecule has 0 unspecified atom stereocenters. The molecule has 8 nitrogen and oxygen atoms in total. The van der Waals surface area contributed by atoms with Crippen LogP contribution >= 0.6 is 0 Å². The molecule has 0 saturated heterocycles. The van der Waals surface area contributed by atoms with Gasteiger partial charge in [0.2, 0.25) is 0 Å². The quantitative estimate of drug-likeness (QED) is 0.537. The molecule has 0 spiro atoms. The molecule has 2 aromatic carbocycles. The van der Waals surface area contributed by atoms with Gasteiger partial charge in [0.05, 0.1) is 38.0 Å². The molecule has 0 bridgehead atoms. The third-order valence-electron chi connectivity index (χ3n) is 4.11. The van der Waals surface area contributed by atoms with Crippen LogP contribution in [0.3, 0.4) is 0 Å². The van der Waals surface area contributed by atoms with Gasteiger partial charge in [0.1, 0.15) is 11.5 Å². The van der Waals surface area contributed by atoms with Crippen LogP contribution in [-0.4, -0.2) is 33.9 Å². The first-order valence-electron chi connectivity index (χ1n) is 8.18. The number of hydrogen-bond acceptors (Lipinski definition) is 7. The average molecular weight is 364 g/mol. The van der Waals surface area contributed by atoms with E-state index in [4.69, 9.17) is 14.0 Å². The van der Waals surface area contributed by atoms with Gasteiger partial charge in [-0.25, -0.2) is 4.98 Å². The number of hydrogen-bond donors (Lipinski definition) is 0. The molecule has 0 aliphatic carbocycles. The Morgan fingerprint density at radius 2 is 1.81 bits per heavy atom. The molecule has 27 heavy (non-hydrogen) atoms. The highest BCUT2D eigenvalue weighted by molar-refractivity contribution is 5.76. The maximum Gasteiger partial charge on any atom is 0.261 e. The van der Waals surface area contributed by atoms with Crippen LogP contribution in [0.15, 0.2) is 58.1 Å². The fourth-order valence-corrected chi connectivity index (χ4v) is 2.74. The molecule has 4 rings (SSSR count). The van der Waals surface area contributed by atoms with Crippen LogP contribution in [0.25, 0.3) is 22.4 Å². The summed E-state index contributed by atoms with van der Waals surface area (Å²) < 4.78 is 17.3. The second kappa shape index (κ2) is 6.91. The molecule has 0 radical (unpaired) electrons. The van der Waals surface area contributed by atoms with Crippen LogP contribution in [-0.2, 0) is 6.54 Å². The average Bonchev–Trinajstić information content (AvgIpc) is 3.18. The van der Waals surface area contributed by atoms with Crippen molar-refractivity contribution >= 4 is 10.9 Å². The first-order valence-corrected chi connectivity index (χ1v) is 8.18. The highest BCUT2D eigenvalue weighted by Gasteiger charge is 2.13. The summed E-state index contributed by atoms with van der Waals surface area (Å²) in [4.78, 5) is 21.2. The van der Waals surface area contributed by atoms with Gasteiger partial charge in [-0.3, -0.25) is 9.36 Å². The Bertz CT molecular complexity index is 1140. The van der Waals surface area contributed by atoms with Crippen LogP contribution < -0.4 is 15.0 Å². The van der Waals surface area contributed by atoms with Gasteiger partial charge >= 0.3 is 0 Å². The molecule has 0 saturated carbocycles. The summed E-state index contributed by atoms with van der Waals surface area (Å²) in [6, 6.07) is 12.5. The van der Waals surface area contributed by atoms with E-state index in [9.17, 15) is 4.79 Å².